The van der Waals surface area contributed by atoms with Crippen LogP contribution >= 0.6 is 7.82 Å². The van der Waals surface area contributed by atoms with Gasteiger partial charge >= 0.3 is 7.82 Å². The van der Waals surface area contributed by atoms with Gasteiger partial charge in [-0.2, -0.15) is 0 Å². The maximum atomic E-state index is 10.4. The van der Waals surface area contributed by atoms with E-state index in [2.05, 4.69) is 9.26 Å². The van der Waals surface area contributed by atoms with E-state index in [-0.39, 0.29) is 0 Å². The molecule has 1 aliphatic rings. The summed E-state index contributed by atoms with van der Waals surface area (Å²) in [6.07, 6.45) is -9.31. The number of phosphoric acid groups is 1. The van der Waals surface area contributed by atoms with E-state index in [1.807, 2.05) is 0 Å². The van der Waals surface area contributed by atoms with E-state index in [1.54, 1.807) is 0 Å². The lowest BCUT2D eigenvalue weighted by Gasteiger charge is -2.37. The first-order chi connectivity index (χ1) is 6.72. The largest absolute Gasteiger partial charge is 0.472 e. The summed E-state index contributed by atoms with van der Waals surface area (Å²) >= 11 is 0. The summed E-state index contributed by atoms with van der Waals surface area (Å²) in [5.74, 6) is 0. The van der Waals surface area contributed by atoms with Crippen LogP contribution in [0.3, 0.4) is 0 Å². The van der Waals surface area contributed by atoms with Gasteiger partial charge in [0.25, 0.3) is 0 Å². The van der Waals surface area contributed by atoms with Gasteiger partial charge in [0, 0.05) is 0 Å². The van der Waals surface area contributed by atoms with Crippen LogP contribution in [0.4, 0.5) is 0 Å². The number of ether oxygens (including phenoxy) is 1. The van der Waals surface area contributed by atoms with E-state index < -0.39 is 38.7 Å². The summed E-state index contributed by atoms with van der Waals surface area (Å²) < 4.78 is 18.7. The molecule has 5 atom stereocenters. The molecule has 6 N–H and O–H groups in total. The Kier molecular flexibility index (Phi) is 3.82. The van der Waals surface area contributed by atoms with Gasteiger partial charge in [0.1, 0.15) is 18.3 Å². The first-order valence-electron chi connectivity index (χ1n) is 3.84. The van der Waals surface area contributed by atoms with E-state index >= 15 is 0 Å². The Morgan fingerprint density at radius 2 is 1.53 bits per heavy atom. The predicted octanol–water partition coefficient (Wildman–Crippen LogP) is -3.15. The van der Waals surface area contributed by atoms with Crippen molar-refractivity contribution in [2.24, 2.45) is 0 Å². The second kappa shape index (κ2) is 4.42. The van der Waals surface area contributed by atoms with Crippen LogP contribution in [0.5, 0.6) is 0 Å². The highest BCUT2D eigenvalue weighted by Crippen LogP contribution is 2.40. The molecule has 0 saturated carbocycles. The average Bonchev–Trinajstić information content (AvgIpc) is 2.08. The van der Waals surface area contributed by atoms with Gasteiger partial charge in [-0.15, -0.1) is 0 Å². The lowest BCUT2D eigenvalue weighted by molar-refractivity contribution is -0.323. The quantitative estimate of drug-likeness (QED) is 0.277. The molecule has 0 aromatic carbocycles. The summed E-state index contributed by atoms with van der Waals surface area (Å²) in [5, 5.41) is 36.2. The van der Waals surface area contributed by atoms with Crippen LogP contribution in [-0.2, 0) is 13.8 Å². The molecule has 1 rings (SSSR count). The van der Waals surface area contributed by atoms with E-state index in [9.17, 15) is 9.67 Å². The highest BCUT2D eigenvalue weighted by molar-refractivity contribution is 7.46. The SMILES string of the molecule is O=P(O)(O)O[C@H]1O[C@H](O)[C@H](O)[C@@H](O)[C@@H]1O. The van der Waals surface area contributed by atoms with Crippen molar-refractivity contribution in [3.63, 3.8) is 0 Å². The lowest BCUT2D eigenvalue weighted by Crippen LogP contribution is -2.57. The Hall–Kier alpha value is -0.0900. The third kappa shape index (κ3) is 3.18. The fourth-order valence-corrected chi connectivity index (χ4v) is 1.50. The zero-order chi connectivity index (χ0) is 11.8. The molecule has 9 nitrogen and oxygen atoms in total. The Labute approximate surface area is 83.7 Å². The first-order valence-corrected chi connectivity index (χ1v) is 5.37. The van der Waals surface area contributed by atoms with Gasteiger partial charge in [-0.1, -0.05) is 0 Å². The second-order valence-corrected chi connectivity index (χ2v) is 4.15. The van der Waals surface area contributed by atoms with Crippen LogP contribution in [0.25, 0.3) is 0 Å². The molecule has 15 heavy (non-hydrogen) atoms. The van der Waals surface area contributed by atoms with Gasteiger partial charge in [-0.3, -0.25) is 4.52 Å². The molecule has 0 spiro atoms. The topological polar surface area (TPSA) is 157 Å². The van der Waals surface area contributed by atoms with Gasteiger partial charge in [-0.25, -0.2) is 4.57 Å². The van der Waals surface area contributed by atoms with Crippen LogP contribution in [-0.4, -0.2) is 61.1 Å². The molecule has 1 heterocycles. The summed E-state index contributed by atoms with van der Waals surface area (Å²) in [6.45, 7) is 0. The van der Waals surface area contributed by atoms with Crippen molar-refractivity contribution in [1.82, 2.24) is 0 Å². The van der Waals surface area contributed by atoms with Crippen molar-refractivity contribution in [1.29, 1.82) is 0 Å². The van der Waals surface area contributed by atoms with Crippen molar-refractivity contribution in [2.75, 3.05) is 0 Å². The Morgan fingerprint density at radius 3 is 2.00 bits per heavy atom. The van der Waals surface area contributed by atoms with Crippen LogP contribution in [0.15, 0.2) is 0 Å². The molecule has 0 amide bonds. The second-order valence-electron chi connectivity index (χ2n) is 2.96. The van der Waals surface area contributed by atoms with Gasteiger partial charge in [-0.05, 0) is 0 Å². The minimum atomic E-state index is -4.93. The molecule has 0 aliphatic carbocycles. The van der Waals surface area contributed by atoms with Crippen LogP contribution < -0.4 is 0 Å². The van der Waals surface area contributed by atoms with Crippen molar-refractivity contribution < 1.29 is 44.0 Å². The molecule has 1 saturated heterocycles. The van der Waals surface area contributed by atoms with E-state index in [0.717, 1.165) is 0 Å². The monoisotopic (exact) mass is 246 g/mol. The molecule has 0 aromatic heterocycles. The molecular weight excluding hydrogens is 235 g/mol. The third-order valence-electron chi connectivity index (χ3n) is 1.79. The number of hydrogen-bond acceptors (Lipinski definition) is 7. The molecule has 0 aromatic rings. The van der Waals surface area contributed by atoms with Gasteiger partial charge in [0.2, 0.25) is 6.29 Å². The Bertz CT molecular complexity index is 263. The Morgan fingerprint density at radius 1 is 1.00 bits per heavy atom. The van der Waals surface area contributed by atoms with Gasteiger partial charge in [0.15, 0.2) is 6.29 Å². The van der Waals surface area contributed by atoms with Crippen molar-refractivity contribution in [3.05, 3.63) is 0 Å². The number of rotatable bonds is 2. The normalized spacial score (nSPS) is 42.9. The van der Waals surface area contributed by atoms with Gasteiger partial charge in [0.05, 0.1) is 0 Å². The van der Waals surface area contributed by atoms with E-state index in [0.29, 0.717) is 0 Å². The molecule has 10 heteroatoms. The van der Waals surface area contributed by atoms with Crippen LogP contribution in [0.2, 0.25) is 0 Å². The minimum absolute atomic E-state index is 1.78. The summed E-state index contributed by atoms with van der Waals surface area (Å²) in [7, 11) is -4.93. The highest BCUT2D eigenvalue weighted by atomic mass is 31.2. The van der Waals surface area contributed by atoms with Gasteiger partial charge < -0.3 is 34.9 Å². The smallest absolute Gasteiger partial charge is 0.387 e. The summed E-state index contributed by atoms with van der Waals surface area (Å²) in [5.41, 5.74) is 0. The standard InChI is InChI=1S/C5H11O9P/c6-1-2(7)4(9)13-5(3(1)8)14-15(10,11)12/h1-9H,(H2,10,11,12)/t1-,2-,3+,4+,5-/m1/s1. The maximum Gasteiger partial charge on any atom is 0.472 e. The number of aliphatic hydroxyl groups is 4. The fourth-order valence-electron chi connectivity index (χ4n) is 1.05. The van der Waals surface area contributed by atoms with Crippen molar-refractivity contribution in [2.45, 2.75) is 30.9 Å². The third-order valence-corrected chi connectivity index (χ3v) is 2.27. The zero-order valence-electron chi connectivity index (χ0n) is 7.24. The molecule has 0 unspecified atom stereocenters. The zero-order valence-corrected chi connectivity index (χ0v) is 8.14. The lowest BCUT2D eigenvalue weighted by atomic mass is 10.0. The number of aliphatic hydroxyl groups excluding tert-OH is 4. The number of phosphoric ester groups is 1. The minimum Gasteiger partial charge on any atom is -0.387 e. The fraction of sp³-hybridized carbons (Fsp3) is 1.00. The van der Waals surface area contributed by atoms with Crippen LogP contribution in [0.1, 0.15) is 0 Å². The molecule has 0 bridgehead atoms. The maximum absolute atomic E-state index is 10.4. The van der Waals surface area contributed by atoms with Crippen molar-refractivity contribution in [3.8, 4) is 0 Å². The van der Waals surface area contributed by atoms with E-state index in [1.165, 1.54) is 0 Å². The molecule has 0 radical (unpaired) electrons. The summed E-state index contributed by atoms with van der Waals surface area (Å²) in [6, 6.07) is 0. The number of hydrogen-bond donors (Lipinski definition) is 6. The molecule has 1 aliphatic heterocycles. The van der Waals surface area contributed by atoms with Crippen LogP contribution in [0, 0.1) is 0 Å². The summed E-state index contributed by atoms with van der Waals surface area (Å²) in [4.78, 5) is 16.8. The first kappa shape index (κ1) is 13.0. The molecule has 90 valence electrons. The van der Waals surface area contributed by atoms with E-state index in [4.69, 9.17) is 25.1 Å². The Balaban J connectivity index is 2.71. The molecular formula is C5H11O9P. The molecule has 1 fully saturated rings. The van der Waals surface area contributed by atoms with Crippen molar-refractivity contribution >= 4 is 7.82 Å². The predicted molar refractivity (Wildman–Crippen MR) is 42.0 cm³/mol. The average molecular weight is 246 g/mol. The highest BCUT2D eigenvalue weighted by Gasteiger charge is 2.45.